The molecule has 0 spiro atoms. The Kier molecular flexibility index (Phi) is 4.18. The topological polar surface area (TPSA) is 63.2 Å². The van der Waals surface area contributed by atoms with Crippen molar-refractivity contribution in [1.82, 2.24) is 15.0 Å². The normalized spacial score (nSPS) is 18.9. The van der Waals surface area contributed by atoms with Gasteiger partial charge in [-0.15, -0.1) is 0 Å². The fourth-order valence-corrected chi connectivity index (χ4v) is 2.41. The largest absolute Gasteiger partial charge is 0.460 e. The van der Waals surface area contributed by atoms with Gasteiger partial charge in [0, 0.05) is 19.6 Å². The number of rotatable bonds is 6. The average Bonchev–Trinajstić information content (AvgIpc) is 2.94. The molecule has 2 heterocycles. The van der Waals surface area contributed by atoms with Crippen LogP contribution in [0.3, 0.4) is 0 Å². The summed E-state index contributed by atoms with van der Waals surface area (Å²) in [6, 6.07) is 0.477. The molecule has 3 rings (SSSR count). The first-order valence-electron chi connectivity index (χ1n) is 7.76. The fraction of sp³-hybridized carbons (Fsp3) is 0.786. The van der Waals surface area contributed by atoms with Crippen LogP contribution in [0.2, 0.25) is 0 Å². The highest BCUT2D eigenvalue weighted by molar-refractivity contribution is 5.39. The van der Waals surface area contributed by atoms with E-state index in [1.54, 1.807) is 0 Å². The first kappa shape index (κ1) is 13.4. The Labute approximate surface area is 120 Å². The average molecular weight is 277 g/mol. The van der Waals surface area contributed by atoms with Crippen LogP contribution in [0.5, 0.6) is 6.01 Å². The van der Waals surface area contributed by atoms with Crippen LogP contribution in [0, 0.1) is 0 Å². The Morgan fingerprint density at radius 2 is 1.95 bits per heavy atom. The molecular formula is C14H23N5O. The van der Waals surface area contributed by atoms with Gasteiger partial charge in [-0.2, -0.15) is 15.0 Å². The van der Waals surface area contributed by atoms with E-state index in [0.29, 0.717) is 18.1 Å². The summed E-state index contributed by atoms with van der Waals surface area (Å²) in [5.74, 6) is 1.39. The third-order valence-corrected chi connectivity index (χ3v) is 3.85. The molecule has 110 valence electrons. The van der Waals surface area contributed by atoms with Crippen molar-refractivity contribution >= 4 is 11.9 Å². The Morgan fingerprint density at radius 3 is 2.60 bits per heavy atom. The van der Waals surface area contributed by atoms with Crippen molar-refractivity contribution in [2.75, 3.05) is 29.9 Å². The molecule has 1 saturated heterocycles. The van der Waals surface area contributed by atoms with Crippen molar-refractivity contribution in [3.8, 4) is 6.01 Å². The molecule has 2 fully saturated rings. The molecule has 0 amide bonds. The molecule has 1 N–H and O–H groups in total. The van der Waals surface area contributed by atoms with E-state index in [2.05, 4.69) is 32.1 Å². The summed E-state index contributed by atoms with van der Waals surface area (Å²) in [6.45, 7) is 5.05. The Balaban J connectivity index is 1.77. The minimum absolute atomic E-state index is 0.294. The van der Waals surface area contributed by atoms with E-state index in [-0.39, 0.29) is 0 Å². The minimum Gasteiger partial charge on any atom is -0.460 e. The van der Waals surface area contributed by atoms with Crippen LogP contribution < -0.4 is 15.0 Å². The molecule has 1 aromatic heterocycles. The molecule has 6 nitrogen and oxygen atoms in total. The van der Waals surface area contributed by atoms with Gasteiger partial charge in [0.25, 0.3) is 0 Å². The van der Waals surface area contributed by atoms with E-state index in [9.17, 15) is 0 Å². The van der Waals surface area contributed by atoms with Gasteiger partial charge in [0.2, 0.25) is 11.9 Å². The molecule has 1 aliphatic heterocycles. The van der Waals surface area contributed by atoms with Crippen LogP contribution in [0.15, 0.2) is 0 Å². The highest BCUT2D eigenvalue weighted by Crippen LogP contribution is 2.25. The molecule has 20 heavy (non-hydrogen) atoms. The van der Waals surface area contributed by atoms with Crippen LogP contribution >= 0.6 is 0 Å². The number of nitrogens with one attached hydrogen (secondary N) is 1. The van der Waals surface area contributed by atoms with Gasteiger partial charge in [-0.05, 0) is 38.5 Å². The summed E-state index contributed by atoms with van der Waals surface area (Å²) in [7, 11) is 0. The summed E-state index contributed by atoms with van der Waals surface area (Å²) < 4.78 is 5.84. The summed E-state index contributed by atoms with van der Waals surface area (Å²) in [5, 5.41) is 3.24. The predicted octanol–water partition coefficient (Wildman–Crippen LogP) is 2.22. The standard InChI is InChI=1S/C14H23N5O/c1-2-8-15-12-16-13(19-9-3-4-10-19)18-14(17-12)20-11-6-5-7-11/h11H,2-10H2,1H3,(H,15,16,17,18). The lowest BCUT2D eigenvalue weighted by atomic mass is 9.96. The zero-order valence-electron chi connectivity index (χ0n) is 12.1. The Morgan fingerprint density at radius 1 is 1.15 bits per heavy atom. The Hall–Kier alpha value is -1.59. The number of anilines is 2. The SMILES string of the molecule is CCCNc1nc(OC2CCC2)nc(N2CCCC2)n1. The number of ether oxygens (including phenoxy) is 1. The molecule has 0 bridgehead atoms. The van der Waals surface area contributed by atoms with Gasteiger partial charge < -0.3 is 15.0 Å². The minimum atomic E-state index is 0.294. The van der Waals surface area contributed by atoms with E-state index < -0.39 is 0 Å². The van der Waals surface area contributed by atoms with Crippen LogP contribution in [-0.2, 0) is 0 Å². The number of hydrogen-bond donors (Lipinski definition) is 1. The maximum absolute atomic E-state index is 5.84. The van der Waals surface area contributed by atoms with E-state index in [4.69, 9.17) is 4.74 Å². The van der Waals surface area contributed by atoms with Gasteiger partial charge in [0.1, 0.15) is 6.10 Å². The first-order valence-corrected chi connectivity index (χ1v) is 7.76. The van der Waals surface area contributed by atoms with Crippen LogP contribution in [-0.4, -0.2) is 40.7 Å². The molecule has 0 radical (unpaired) electrons. The van der Waals surface area contributed by atoms with Gasteiger partial charge in [0.15, 0.2) is 0 Å². The lowest BCUT2D eigenvalue weighted by Gasteiger charge is -2.25. The third kappa shape index (κ3) is 3.11. The highest BCUT2D eigenvalue weighted by Gasteiger charge is 2.23. The zero-order valence-corrected chi connectivity index (χ0v) is 12.1. The summed E-state index contributed by atoms with van der Waals surface area (Å²) >= 11 is 0. The lowest BCUT2D eigenvalue weighted by Crippen LogP contribution is -2.27. The fourth-order valence-electron chi connectivity index (χ4n) is 2.41. The smallest absolute Gasteiger partial charge is 0.323 e. The molecular weight excluding hydrogens is 254 g/mol. The first-order chi connectivity index (χ1) is 9.85. The summed E-state index contributed by atoms with van der Waals surface area (Å²) in [6.07, 6.45) is 7.23. The van der Waals surface area contributed by atoms with Crippen molar-refractivity contribution < 1.29 is 4.74 Å². The van der Waals surface area contributed by atoms with Crippen LogP contribution in [0.25, 0.3) is 0 Å². The lowest BCUT2D eigenvalue weighted by molar-refractivity contribution is 0.108. The molecule has 0 aromatic carbocycles. The summed E-state index contributed by atoms with van der Waals surface area (Å²) in [5.41, 5.74) is 0. The molecule has 1 aliphatic carbocycles. The second-order valence-corrected chi connectivity index (χ2v) is 5.53. The second kappa shape index (κ2) is 6.24. The van der Waals surface area contributed by atoms with Crippen molar-refractivity contribution in [1.29, 1.82) is 0 Å². The van der Waals surface area contributed by atoms with Crippen molar-refractivity contribution in [3.63, 3.8) is 0 Å². The van der Waals surface area contributed by atoms with E-state index >= 15 is 0 Å². The van der Waals surface area contributed by atoms with Crippen molar-refractivity contribution in [2.45, 2.75) is 51.6 Å². The van der Waals surface area contributed by atoms with Gasteiger partial charge in [0.05, 0.1) is 0 Å². The number of hydrogen-bond acceptors (Lipinski definition) is 6. The molecule has 0 unspecified atom stereocenters. The van der Waals surface area contributed by atoms with Crippen LogP contribution in [0.1, 0.15) is 45.4 Å². The van der Waals surface area contributed by atoms with Gasteiger partial charge in [-0.3, -0.25) is 0 Å². The maximum atomic E-state index is 5.84. The van der Waals surface area contributed by atoms with Crippen LogP contribution in [0.4, 0.5) is 11.9 Å². The molecule has 6 heteroatoms. The Bertz CT molecular complexity index is 443. The second-order valence-electron chi connectivity index (χ2n) is 5.53. The summed E-state index contributed by atoms with van der Waals surface area (Å²) in [4.78, 5) is 15.6. The van der Waals surface area contributed by atoms with Gasteiger partial charge in [-0.1, -0.05) is 6.92 Å². The van der Waals surface area contributed by atoms with E-state index in [0.717, 1.165) is 44.8 Å². The molecule has 2 aliphatic rings. The number of nitrogens with zero attached hydrogens (tertiary/aromatic N) is 4. The predicted molar refractivity (Wildman–Crippen MR) is 78.3 cm³/mol. The third-order valence-electron chi connectivity index (χ3n) is 3.85. The van der Waals surface area contributed by atoms with Crippen molar-refractivity contribution in [3.05, 3.63) is 0 Å². The number of aromatic nitrogens is 3. The maximum Gasteiger partial charge on any atom is 0.323 e. The molecule has 0 atom stereocenters. The highest BCUT2D eigenvalue weighted by atomic mass is 16.5. The van der Waals surface area contributed by atoms with Gasteiger partial charge >= 0.3 is 6.01 Å². The molecule has 1 saturated carbocycles. The zero-order chi connectivity index (χ0) is 13.8. The van der Waals surface area contributed by atoms with E-state index in [1.807, 2.05) is 0 Å². The van der Waals surface area contributed by atoms with Crippen molar-refractivity contribution in [2.24, 2.45) is 0 Å². The monoisotopic (exact) mass is 277 g/mol. The van der Waals surface area contributed by atoms with Gasteiger partial charge in [-0.25, -0.2) is 0 Å². The quantitative estimate of drug-likeness (QED) is 0.860. The van der Waals surface area contributed by atoms with E-state index in [1.165, 1.54) is 19.3 Å². The molecule has 1 aromatic rings.